The molecular weight excluding hydrogens is 312 g/mol. The highest BCUT2D eigenvalue weighted by atomic mass is 16.3. The molecule has 8 heteroatoms. The second-order valence-corrected chi connectivity index (χ2v) is 5.87. The third-order valence-electron chi connectivity index (χ3n) is 4.26. The van der Waals surface area contributed by atoms with Gasteiger partial charge in [-0.2, -0.15) is 0 Å². The van der Waals surface area contributed by atoms with Crippen molar-refractivity contribution >= 4 is 11.2 Å². The lowest BCUT2D eigenvalue weighted by atomic mass is 10.1. The van der Waals surface area contributed by atoms with E-state index in [2.05, 4.69) is 4.98 Å². The molecule has 2 aromatic heterocycles. The van der Waals surface area contributed by atoms with Gasteiger partial charge in [0.05, 0.1) is 19.0 Å². The molecule has 0 saturated carbocycles. The second kappa shape index (κ2) is 8.25. The minimum Gasteiger partial charge on any atom is -0.394 e. The molecule has 1 atom stereocenters. The molecule has 0 saturated heterocycles. The first-order chi connectivity index (χ1) is 11.5. The molecule has 2 rings (SSSR count). The summed E-state index contributed by atoms with van der Waals surface area (Å²) in [5, 5.41) is 18.1. The lowest BCUT2D eigenvalue weighted by Gasteiger charge is -2.10. The second-order valence-electron chi connectivity index (χ2n) is 5.87. The standard InChI is InChI=1S/C16H26N4O4/c1-3-19-14-13(15(23)20(4-2)16(19)24)18(11-17-14)9-7-5-6-8-12(22)10-21/h11-12,21-22H,3-10H2,1-2H3. The number of imidazole rings is 1. The van der Waals surface area contributed by atoms with Crippen LogP contribution >= 0.6 is 0 Å². The summed E-state index contributed by atoms with van der Waals surface area (Å²) in [6.45, 7) is 4.85. The van der Waals surface area contributed by atoms with Gasteiger partial charge in [0.15, 0.2) is 11.2 Å². The largest absolute Gasteiger partial charge is 0.394 e. The highest BCUT2D eigenvalue weighted by Crippen LogP contribution is 2.10. The predicted octanol–water partition coefficient (Wildman–Crippen LogP) is 0.313. The Bertz CT molecular complexity index is 790. The van der Waals surface area contributed by atoms with Crippen LogP contribution in [0.1, 0.15) is 39.5 Å². The van der Waals surface area contributed by atoms with Gasteiger partial charge in [0.25, 0.3) is 5.56 Å². The number of rotatable bonds is 9. The summed E-state index contributed by atoms with van der Waals surface area (Å²) in [5.74, 6) is 0. The van der Waals surface area contributed by atoms with Crippen LogP contribution in [0.2, 0.25) is 0 Å². The summed E-state index contributed by atoms with van der Waals surface area (Å²) in [4.78, 5) is 29.1. The number of aliphatic hydroxyl groups is 2. The first-order valence-corrected chi connectivity index (χ1v) is 8.52. The molecule has 8 nitrogen and oxygen atoms in total. The van der Waals surface area contributed by atoms with Gasteiger partial charge in [-0.3, -0.25) is 13.9 Å². The van der Waals surface area contributed by atoms with Gasteiger partial charge < -0.3 is 14.8 Å². The molecule has 0 amide bonds. The number of hydrogen-bond acceptors (Lipinski definition) is 5. The van der Waals surface area contributed by atoms with Crippen LogP contribution < -0.4 is 11.2 Å². The van der Waals surface area contributed by atoms with Crippen LogP contribution in [-0.4, -0.2) is 41.6 Å². The van der Waals surface area contributed by atoms with Crippen molar-refractivity contribution < 1.29 is 10.2 Å². The maximum Gasteiger partial charge on any atom is 0.332 e. The van der Waals surface area contributed by atoms with E-state index in [1.54, 1.807) is 17.8 Å². The highest BCUT2D eigenvalue weighted by molar-refractivity contribution is 5.70. The summed E-state index contributed by atoms with van der Waals surface area (Å²) >= 11 is 0. The SMILES string of the molecule is CCn1c(=O)c2c(ncn2CCCCCC(O)CO)n(CC)c1=O. The van der Waals surface area contributed by atoms with Crippen molar-refractivity contribution in [3.05, 3.63) is 27.2 Å². The van der Waals surface area contributed by atoms with Crippen molar-refractivity contribution in [1.29, 1.82) is 0 Å². The molecule has 2 heterocycles. The Hall–Kier alpha value is -1.93. The van der Waals surface area contributed by atoms with E-state index in [0.29, 0.717) is 37.2 Å². The Morgan fingerprint density at radius 1 is 1.12 bits per heavy atom. The Kier molecular flexibility index (Phi) is 6.33. The fraction of sp³-hybridized carbons (Fsp3) is 0.688. The molecule has 0 bridgehead atoms. The number of unbranched alkanes of at least 4 members (excludes halogenated alkanes) is 2. The fourth-order valence-corrected chi connectivity index (χ4v) is 2.90. The van der Waals surface area contributed by atoms with E-state index in [0.717, 1.165) is 19.3 Å². The normalized spacial score (nSPS) is 12.8. The maximum absolute atomic E-state index is 12.6. The third kappa shape index (κ3) is 3.59. The van der Waals surface area contributed by atoms with E-state index in [-0.39, 0.29) is 17.9 Å². The molecule has 134 valence electrons. The summed E-state index contributed by atoms with van der Waals surface area (Å²) in [6, 6.07) is 0. The predicted molar refractivity (Wildman–Crippen MR) is 91.2 cm³/mol. The van der Waals surface area contributed by atoms with Gasteiger partial charge in [-0.1, -0.05) is 12.8 Å². The van der Waals surface area contributed by atoms with Gasteiger partial charge in [-0.05, 0) is 26.7 Å². The van der Waals surface area contributed by atoms with Crippen molar-refractivity contribution in [2.75, 3.05) is 6.61 Å². The number of hydrogen-bond donors (Lipinski definition) is 2. The topological polar surface area (TPSA) is 102 Å². The average molecular weight is 338 g/mol. The lowest BCUT2D eigenvalue weighted by molar-refractivity contribution is 0.0859. The minimum atomic E-state index is -0.658. The van der Waals surface area contributed by atoms with Crippen molar-refractivity contribution in [3.8, 4) is 0 Å². The monoisotopic (exact) mass is 338 g/mol. The third-order valence-corrected chi connectivity index (χ3v) is 4.26. The minimum absolute atomic E-state index is 0.211. The zero-order valence-corrected chi connectivity index (χ0v) is 14.3. The summed E-state index contributed by atoms with van der Waals surface area (Å²) in [7, 11) is 0. The van der Waals surface area contributed by atoms with Crippen molar-refractivity contribution in [3.63, 3.8) is 0 Å². The highest BCUT2D eigenvalue weighted by Gasteiger charge is 2.16. The first kappa shape index (κ1) is 18.4. The summed E-state index contributed by atoms with van der Waals surface area (Å²) < 4.78 is 4.56. The number of nitrogens with zero attached hydrogens (tertiary/aromatic N) is 4. The number of fused-ring (bicyclic) bond motifs is 1. The van der Waals surface area contributed by atoms with Crippen LogP contribution in [-0.2, 0) is 19.6 Å². The maximum atomic E-state index is 12.6. The number of aryl methyl sites for hydroxylation is 2. The first-order valence-electron chi connectivity index (χ1n) is 8.52. The molecular formula is C16H26N4O4. The number of aromatic nitrogens is 4. The zero-order valence-electron chi connectivity index (χ0n) is 14.3. The molecule has 0 fully saturated rings. The van der Waals surface area contributed by atoms with Gasteiger partial charge >= 0.3 is 5.69 Å². The Labute approximate surface area is 140 Å². The Morgan fingerprint density at radius 3 is 2.46 bits per heavy atom. The van der Waals surface area contributed by atoms with E-state index in [1.807, 2.05) is 6.92 Å². The van der Waals surface area contributed by atoms with E-state index >= 15 is 0 Å². The van der Waals surface area contributed by atoms with E-state index in [9.17, 15) is 14.7 Å². The van der Waals surface area contributed by atoms with Crippen LogP contribution in [0.15, 0.2) is 15.9 Å². The van der Waals surface area contributed by atoms with Crippen molar-refractivity contribution in [1.82, 2.24) is 18.7 Å². The van der Waals surface area contributed by atoms with Crippen LogP contribution in [0.3, 0.4) is 0 Å². The van der Waals surface area contributed by atoms with E-state index < -0.39 is 6.10 Å². The number of aliphatic hydroxyl groups excluding tert-OH is 2. The summed E-state index contributed by atoms with van der Waals surface area (Å²) in [5.41, 5.74) is 0.290. The molecule has 0 aromatic carbocycles. The van der Waals surface area contributed by atoms with Gasteiger partial charge in [0, 0.05) is 19.6 Å². The van der Waals surface area contributed by atoms with E-state index in [1.165, 1.54) is 9.13 Å². The molecule has 0 aliphatic heterocycles. The van der Waals surface area contributed by atoms with Crippen LogP contribution in [0.4, 0.5) is 0 Å². The van der Waals surface area contributed by atoms with Crippen LogP contribution in [0.25, 0.3) is 11.2 Å². The molecule has 24 heavy (non-hydrogen) atoms. The summed E-state index contributed by atoms with van der Waals surface area (Å²) in [6.07, 6.45) is 4.05. The van der Waals surface area contributed by atoms with Crippen molar-refractivity contribution in [2.45, 2.75) is 65.3 Å². The Balaban J connectivity index is 2.21. The molecule has 0 spiro atoms. The molecule has 0 aliphatic carbocycles. The quantitative estimate of drug-likeness (QED) is 0.641. The smallest absolute Gasteiger partial charge is 0.332 e. The van der Waals surface area contributed by atoms with Crippen LogP contribution in [0, 0.1) is 0 Å². The van der Waals surface area contributed by atoms with E-state index in [4.69, 9.17) is 5.11 Å². The van der Waals surface area contributed by atoms with Gasteiger partial charge in [-0.15, -0.1) is 0 Å². The molecule has 0 radical (unpaired) electrons. The van der Waals surface area contributed by atoms with Gasteiger partial charge in [0.1, 0.15) is 0 Å². The van der Waals surface area contributed by atoms with Crippen LogP contribution in [0.5, 0.6) is 0 Å². The molecule has 0 aliphatic rings. The average Bonchev–Trinajstić information content (AvgIpc) is 2.99. The molecule has 1 unspecified atom stereocenters. The van der Waals surface area contributed by atoms with Gasteiger partial charge in [-0.25, -0.2) is 9.78 Å². The Morgan fingerprint density at radius 2 is 1.83 bits per heavy atom. The fourth-order valence-electron chi connectivity index (χ4n) is 2.90. The van der Waals surface area contributed by atoms with Gasteiger partial charge in [0.2, 0.25) is 0 Å². The lowest BCUT2D eigenvalue weighted by Crippen LogP contribution is -2.40. The molecule has 2 N–H and O–H groups in total. The molecule has 2 aromatic rings. The van der Waals surface area contributed by atoms with Crippen molar-refractivity contribution in [2.24, 2.45) is 0 Å². The zero-order chi connectivity index (χ0) is 17.7.